The molecule has 2 rings (SSSR count). The van der Waals surface area contributed by atoms with Gasteiger partial charge in [-0.05, 0) is 69.7 Å². The molecule has 43 heavy (non-hydrogen) atoms. The molecule has 1 fully saturated rings. The van der Waals surface area contributed by atoms with Gasteiger partial charge >= 0.3 is 18.1 Å². The lowest BCUT2D eigenvalue weighted by Gasteiger charge is -2.32. The third kappa shape index (κ3) is 8.73. The average molecular weight is 620 g/mol. The molecule has 9 nitrogen and oxygen atoms in total. The van der Waals surface area contributed by atoms with Crippen LogP contribution in [0.4, 0.5) is 22.0 Å². The topological polar surface area (TPSA) is 122 Å². The summed E-state index contributed by atoms with van der Waals surface area (Å²) in [6.07, 6.45) is -5.76. The second kappa shape index (κ2) is 13.4. The fourth-order valence-corrected chi connectivity index (χ4v) is 4.43. The summed E-state index contributed by atoms with van der Waals surface area (Å²) in [6.45, 7) is 10.9. The Kier molecular flexibility index (Phi) is 11.1. The molecule has 1 saturated heterocycles. The second-order valence-electron chi connectivity index (χ2n) is 12.1. The molecule has 14 heteroatoms. The molecule has 1 aromatic rings. The van der Waals surface area contributed by atoms with Gasteiger partial charge in [0.2, 0.25) is 17.6 Å². The van der Waals surface area contributed by atoms with Crippen molar-refractivity contribution in [3.63, 3.8) is 0 Å². The van der Waals surface area contributed by atoms with Gasteiger partial charge in [0.15, 0.2) is 0 Å². The number of hydrogen-bond donors (Lipinski definition) is 2. The number of nitrogens with one attached hydrogen (secondary N) is 2. The molecule has 1 aromatic carbocycles. The van der Waals surface area contributed by atoms with Gasteiger partial charge in [0.1, 0.15) is 17.7 Å². The monoisotopic (exact) mass is 619 g/mol. The van der Waals surface area contributed by atoms with Crippen molar-refractivity contribution in [2.75, 3.05) is 6.54 Å². The zero-order chi connectivity index (χ0) is 33.1. The summed E-state index contributed by atoms with van der Waals surface area (Å²) >= 11 is 0. The number of carbonyl (C=O) groups excluding carboxylic acids is 5. The van der Waals surface area contributed by atoms with E-state index in [0.717, 1.165) is 4.90 Å². The third-order valence-corrected chi connectivity index (χ3v) is 6.75. The van der Waals surface area contributed by atoms with E-state index in [-0.39, 0.29) is 24.1 Å². The van der Waals surface area contributed by atoms with Crippen LogP contribution in [0.15, 0.2) is 24.3 Å². The number of amides is 3. The molecule has 1 aliphatic heterocycles. The molecular formula is C29H38F5N3O6. The van der Waals surface area contributed by atoms with Gasteiger partial charge < -0.3 is 20.3 Å². The summed E-state index contributed by atoms with van der Waals surface area (Å²) in [4.78, 5) is 65.1. The first kappa shape index (κ1) is 35.6. The van der Waals surface area contributed by atoms with Crippen LogP contribution in [0.3, 0.4) is 0 Å². The lowest BCUT2D eigenvalue weighted by molar-refractivity contribution is -0.270. The Balaban J connectivity index is 2.19. The number of halogens is 5. The van der Waals surface area contributed by atoms with Gasteiger partial charge in [-0.25, -0.2) is 4.79 Å². The number of nitrogens with zero attached hydrogens (tertiary/aromatic N) is 1. The molecule has 0 aliphatic carbocycles. The Morgan fingerprint density at radius 2 is 1.35 bits per heavy atom. The lowest BCUT2D eigenvalue weighted by atomic mass is 9.95. The van der Waals surface area contributed by atoms with Crippen LogP contribution in [0.5, 0.6) is 0 Å². The van der Waals surface area contributed by atoms with E-state index in [4.69, 9.17) is 4.74 Å². The molecule has 3 atom stereocenters. The SMILES string of the molecule is CC(C)[C@H](NC(=O)c1ccc(C(=O)OC(C)(C)C)cc1)C(=O)N1CCC[C@H]1C(=O)N[C@H](C(=O)C(F)(F)C(F)(F)F)C(C)C. The van der Waals surface area contributed by atoms with Crippen LogP contribution in [0.2, 0.25) is 0 Å². The highest BCUT2D eigenvalue weighted by molar-refractivity contribution is 6.00. The van der Waals surface area contributed by atoms with E-state index in [9.17, 15) is 45.9 Å². The summed E-state index contributed by atoms with van der Waals surface area (Å²) < 4.78 is 71.4. The highest BCUT2D eigenvalue weighted by atomic mass is 19.4. The number of alkyl halides is 5. The number of hydrogen-bond acceptors (Lipinski definition) is 6. The average Bonchev–Trinajstić information content (AvgIpc) is 3.37. The molecule has 0 bridgehead atoms. The molecule has 3 amide bonds. The Hall–Kier alpha value is -3.58. The van der Waals surface area contributed by atoms with E-state index in [0.29, 0.717) is 6.42 Å². The number of ketones is 1. The minimum atomic E-state index is -6.14. The van der Waals surface area contributed by atoms with Crippen molar-refractivity contribution >= 4 is 29.5 Å². The van der Waals surface area contributed by atoms with Crippen LogP contribution in [0.25, 0.3) is 0 Å². The van der Waals surface area contributed by atoms with Gasteiger partial charge in [0, 0.05) is 12.1 Å². The van der Waals surface area contributed by atoms with Gasteiger partial charge in [0.25, 0.3) is 5.91 Å². The fraction of sp³-hybridized carbons (Fsp3) is 0.621. The Bertz CT molecular complexity index is 1210. The van der Waals surface area contributed by atoms with Crippen LogP contribution >= 0.6 is 0 Å². The number of likely N-dealkylation sites (tertiary alicyclic amines) is 1. The number of ether oxygens (including phenoxy) is 1. The van der Waals surface area contributed by atoms with Crippen molar-refractivity contribution in [3.05, 3.63) is 35.4 Å². The Morgan fingerprint density at radius 1 is 0.837 bits per heavy atom. The first-order valence-corrected chi connectivity index (χ1v) is 13.8. The molecule has 0 aromatic heterocycles. The summed E-state index contributed by atoms with van der Waals surface area (Å²) in [5.74, 6) is -12.7. The van der Waals surface area contributed by atoms with Gasteiger partial charge in [-0.15, -0.1) is 0 Å². The molecular weight excluding hydrogens is 581 g/mol. The van der Waals surface area contributed by atoms with Gasteiger partial charge in [0.05, 0.1) is 11.6 Å². The van der Waals surface area contributed by atoms with Crippen LogP contribution in [-0.2, 0) is 19.1 Å². The Labute approximate surface area is 246 Å². The predicted octanol–water partition coefficient (Wildman–Crippen LogP) is 4.29. The zero-order valence-electron chi connectivity index (χ0n) is 25.1. The first-order valence-electron chi connectivity index (χ1n) is 13.8. The van der Waals surface area contributed by atoms with E-state index in [1.54, 1.807) is 34.6 Å². The van der Waals surface area contributed by atoms with Crippen LogP contribution in [-0.4, -0.2) is 76.7 Å². The largest absolute Gasteiger partial charge is 0.461 e. The molecule has 0 spiro atoms. The maximum Gasteiger partial charge on any atom is 0.461 e. The lowest BCUT2D eigenvalue weighted by Crippen LogP contribution is -2.60. The van der Waals surface area contributed by atoms with Crippen molar-refractivity contribution in [3.8, 4) is 0 Å². The molecule has 240 valence electrons. The van der Waals surface area contributed by atoms with Crippen LogP contribution in [0.1, 0.15) is 82.0 Å². The van der Waals surface area contributed by atoms with Crippen molar-refractivity contribution in [1.29, 1.82) is 0 Å². The number of benzene rings is 1. The van der Waals surface area contributed by atoms with Crippen LogP contribution < -0.4 is 10.6 Å². The van der Waals surface area contributed by atoms with E-state index in [1.807, 2.05) is 5.32 Å². The molecule has 2 N–H and O–H groups in total. The normalized spacial score (nSPS) is 17.4. The minimum Gasteiger partial charge on any atom is -0.456 e. The third-order valence-electron chi connectivity index (χ3n) is 6.75. The maximum absolute atomic E-state index is 13.8. The van der Waals surface area contributed by atoms with Gasteiger partial charge in [-0.3, -0.25) is 19.2 Å². The second-order valence-corrected chi connectivity index (χ2v) is 12.1. The van der Waals surface area contributed by atoms with Crippen molar-refractivity contribution in [2.24, 2.45) is 11.8 Å². The standard InChI is InChI=1S/C29H38F5N3O6/c1-15(2)20(22(38)28(30,31)29(32,33)34)35-24(40)19-9-8-14-37(19)25(41)21(16(3)4)36-23(39)17-10-12-18(13-11-17)26(42)43-27(5,6)7/h10-13,15-16,19-21H,8-9,14H2,1-7H3,(H,35,40)(H,36,39)/t19-,20-,21-/m0/s1. The van der Waals surface area contributed by atoms with Gasteiger partial charge in [-0.2, -0.15) is 22.0 Å². The summed E-state index contributed by atoms with van der Waals surface area (Å²) in [6, 6.07) is 0.988. The minimum absolute atomic E-state index is 0.0552. The summed E-state index contributed by atoms with van der Waals surface area (Å²) in [5.41, 5.74) is -0.382. The Morgan fingerprint density at radius 3 is 1.81 bits per heavy atom. The van der Waals surface area contributed by atoms with E-state index in [2.05, 4.69) is 5.32 Å². The molecule has 0 unspecified atom stereocenters. The van der Waals surface area contributed by atoms with E-state index in [1.165, 1.54) is 38.1 Å². The van der Waals surface area contributed by atoms with E-state index >= 15 is 0 Å². The molecule has 0 saturated carbocycles. The summed E-state index contributed by atoms with van der Waals surface area (Å²) in [5, 5.41) is 4.61. The van der Waals surface area contributed by atoms with Crippen molar-refractivity contribution in [1.82, 2.24) is 15.5 Å². The number of esters is 1. The fourth-order valence-electron chi connectivity index (χ4n) is 4.43. The number of rotatable bonds is 10. The predicted molar refractivity (Wildman–Crippen MR) is 145 cm³/mol. The molecule has 1 heterocycles. The van der Waals surface area contributed by atoms with Crippen LogP contribution in [0, 0.1) is 11.8 Å². The number of carbonyl (C=O) groups is 5. The quantitative estimate of drug-likeness (QED) is 0.298. The summed E-state index contributed by atoms with van der Waals surface area (Å²) in [7, 11) is 0. The van der Waals surface area contributed by atoms with Crippen molar-refractivity contribution in [2.45, 2.75) is 97.1 Å². The smallest absolute Gasteiger partial charge is 0.456 e. The highest BCUT2D eigenvalue weighted by Gasteiger charge is 2.64. The zero-order valence-corrected chi connectivity index (χ0v) is 25.1. The number of Topliss-reactive ketones (excluding diaryl/α,β-unsaturated/α-hetero) is 1. The molecule has 0 radical (unpaired) electrons. The first-order chi connectivity index (χ1) is 19.6. The molecule has 1 aliphatic rings. The van der Waals surface area contributed by atoms with Gasteiger partial charge in [-0.1, -0.05) is 27.7 Å². The maximum atomic E-state index is 13.8. The van der Waals surface area contributed by atoms with E-state index < -0.39 is 77.1 Å². The highest BCUT2D eigenvalue weighted by Crippen LogP contribution is 2.37. The van der Waals surface area contributed by atoms with Crippen molar-refractivity contribution < 1.29 is 50.7 Å².